The molecule has 16 heavy (non-hydrogen) atoms. The second-order valence-corrected chi connectivity index (χ2v) is 3.94. The second-order valence-electron chi connectivity index (χ2n) is 3.94. The molecule has 0 aromatic carbocycles. The third-order valence-electron chi connectivity index (χ3n) is 2.23. The van der Waals surface area contributed by atoms with Crippen LogP contribution in [0.1, 0.15) is 41.0 Å². The van der Waals surface area contributed by atoms with E-state index in [4.69, 9.17) is 5.11 Å². The summed E-state index contributed by atoms with van der Waals surface area (Å²) in [5, 5.41) is 8.87. The standard InChI is InChI=1S/C12H19FO.C2H6/c1-5-11(7-6-10(2)13)12(3,4)8-9-14;1-2/h5-7,14H,1,8-9H2,2-4H3;1-2H3/b10-6+,11-7+;. The van der Waals surface area contributed by atoms with E-state index in [9.17, 15) is 4.39 Å². The topological polar surface area (TPSA) is 20.2 Å². The highest BCUT2D eigenvalue weighted by Gasteiger charge is 2.19. The number of allylic oxidation sites excluding steroid dienone is 5. The molecule has 1 N–H and O–H groups in total. The molecular formula is C14H25FO. The lowest BCUT2D eigenvalue weighted by Crippen LogP contribution is -2.15. The van der Waals surface area contributed by atoms with Crippen molar-refractivity contribution in [3.8, 4) is 0 Å². The minimum atomic E-state index is -0.232. The lowest BCUT2D eigenvalue weighted by atomic mass is 9.81. The minimum absolute atomic E-state index is 0.122. The smallest absolute Gasteiger partial charge is 0.0968 e. The van der Waals surface area contributed by atoms with Gasteiger partial charge in [-0.05, 0) is 30.4 Å². The molecule has 0 amide bonds. The van der Waals surface area contributed by atoms with Crippen LogP contribution in [0.4, 0.5) is 4.39 Å². The van der Waals surface area contributed by atoms with E-state index in [1.165, 1.54) is 13.0 Å². The van der Waals surface area contributed by atoms with Gasteiger partial charge in [-0.25, -0.2) is 4.39 Å². The van der Waals surface area contributed by atoms with Gasteiger partial charge in [-0.1, -0.05) is 46.4 Å². The fraction of sp³-hybridized carbons (Fsp3) is 0.571. The van der Waals surface area contributed by atoms with E-state index in [-0.39, 0.29) is 17.8 Å². The molecule has 0 aliphatic rings. The van der Waals surface area contributed by atoms with Gasteiger partial charge in [0.05, 0.1) is 5.83 Å². The molecule has 0 unspecified atom stereocenters. The van der Waals surface area contributed by atoms with Gasteiger partial charge in [0.1, 0.15) is 0 Å². The van der Waals surface area contributed by atoms with E-state index in [1.54, 1.807) is 12.2 Å². The van der Waals surface area contributed by atoms with Gasteiger partial charge in [0.15, 0.2) is 0 Å². The van der Waals surface area contributed by atoms with Crippen LogP contribution in [0.25, 0.3) is 0 Å². The van der Waals surface area contributed by atoms with Crippen LogP contribution in [-0.2, 0) is 0 Å². The van der Waals surface area contributed by atoms with Crippen molar-refractivity contribution < 1.29 is 9.50 Å². The Morgan fingerprint density at radius 2 is 1.81 bits per heavy atom. The van der Waals surface area contributed by atoms with Gasteiger partial charge < -0.3 is 5.11 Å². The molecule has 0 saturated heterocycles. The molecule has 0 aliphatic heterocycles. The summed E-state index contributed by atoms with van der Waals surface area (Å²) in [6, 6.07) is 0. The Morgan fingerprint density at radius 3 is 2.12 bits per heavy atom. The molecule has 94 valence electrons. The molecule has 0 fully saturated rings. The highest BCUT2D eigenvalue weighted by atomic mass is 19.1. The molecule has 0 aromatic heterocycles. The molecule has 0 saturated carbocycles. The van der Waals surface area contributed by atoms with E-state index in [2.05, 4.69) is 6.58 Å². The van der Waals surface area contributed by atoms with Crippen LogP contribution in [0.5, 0.6) is 0 Å². The van der Waals surface area contributed by atoms with Gasteiger partial charge in [0.2, 0.25) is 0 Å². The molecule has 0 heterocycles. The second kappa shape index (κ2) is 9.34. The number of hydrogen-bond donors (Lipinski definition) is 1. The van der Waals surface area contributed by atoms with Gasteiger partial charge in [0, 0.05) is 6.61 Å². The monoisotopic (exact) mass is 228 g/mol. The van der Waals surface area contributed by atoms with Crippen LogP contribution in [0, 0.1) is 5.41 Å². The molecule has 1 nitrogen and oxygen atoms in total. The Morgan fingerprint density at radius 1 is 1.31 bits per heavy atom. The van der Waals surface area contributed by atoms with Crippen molar-refractivity contribution in [3.63, 3.8) is 0 Å². The van der Waals surface area contributed by atoms with Crippen LogP contribution in [0.2, 0.25) is 0 Å². The normalized spacial score (nSPS) is 12.9. The summed E-state index contributed by atoms with van der Waals surface area (Å²) < 4.78 is 12.5. The van der Waals surface area contributed by atoms with Crippen molar-refractivity contribution in [3.05, 3.63) is 36.2 Å². The van der Waals surface area contributed by atoms with Crippen LogP contribution in [0.3, 0.4) is 0 Å². The zero-order valence-corrected chi connectivity index (χ0v) is 11.2. The van der Waals surface area contributed by atoms with E-state index in [0.717, 1.165) is 5.57 Å². The minimum Gasteiger partial charge on any atom is -0.396 e. The van der Waals surface area contributed by atoms with Gasteiger partial charge in [0.25, 0.3) is 0 Å². The Labute approximate surface area is 99.4 Å². The first-order chi connectivity index (χ1) is 7.44. The maximum absolute atomic E-state index is 12.5. The SMILES string of the molecule is C=C/C(=C\C=C(/C)F)C(C)(C)CCO.CC. The highest BCUT2D eigenvalue weighted by Crippen LogP contribution is 2.30. The summed E-state index contributed by atoms with van der Waals surface area (Å²) in [6.07, 6.45) is 5.47. The lowest BCUT2D eigenvalue weighted by molar-refractivity contribution is 0.236. The average Bonchev–Trinajstić information content (AvgIpc) is 2.20. The molecule has 0 radical (unpaired) electrons. The number of hydrogen-bond acceptors (Lipinski definition) is 1. The first-order valence-corrected chi connectivity index (χ1v) is 5.72. The number of rotatable bonds is 5. The number of aliphatic hydroxyl groups is 1. The lowest BCUT2D eigenvalue weighted by Gasteiger charge is -2.24. The maximum atomic E-state index is 12.5. The highest BCUT2D eigenvalue weighted by molar-refractivity contribution is 5.28. The Kier molecular flexibility index (Phi) is 10.2. The summed E-state index contributed by atoms with van der Waals surface area (Å²) in [5.41, 5.74) is 0.770. The van der Waals surface area contributed by atoms with E-state index < -0.39 is 0 Å². The third-order valence-corrected chi connectivity index (χ3v) is 2.23. The molecule has 0 spiro atoms. The summed E-state index contributed by atoms with van der Waals surface area (Å²) in [7, 11) is 0. The first kappa shape index (κ1) is 17.5. The van der Waals surface area contributed by atoms with E-state index in [0.29, 0.717) is 6.42 Å². The van der Waals surface area contributed by atoms with Crippen molar-refractivity contribution in [1.29, 1.82) is 0 Å². The van der Waals surface area contributed by atoms with Crippen LogP contribution in [-0.4, -0.2) is 11.7 Å². The van der Waals surface area contributed by atoms with Crippen LogP contribution < -0.4 is 0 Å². The van der Waals surface area contributed by atoms with Gasteiger partial charge in [-0.15, -0.1) is 0 Å². The number of halogens is 1. The van der Waals surface area contributed by atoms with Gasteiger partial charge in [-0.2, -0.15) is 0 Å². The van der Waals surface area contributed by atoms with Gasteiger partial charge in [-0.3, -0.25) is 0 Å². The predicted octanol–water partition coefficient (Wildman–Crippen LogP) is 4.41. The fourth-order valence-electron chi connectivity index (χ4n) is 1.20. The molecule has 0 bridgehead atoms. The zero-order valence-electron chi connectivity index (χ0n) is 11.2. The largest absolute Gasteiger partial charge is 0.396 e. The van der Waals surface area contributed by atoms with Gasteiger partial charge >= 0.3 is 0 Å². The summed E-state index contributed by atoms with van der Waals surface area (Å²) >= 11 is 0. The van der Waals surface area contributed by atoms with Crippen molar-refractivity contribution in [2.24, 2.45) is 5.41 Å². The quantitative estimate of drug-likeness (QED) is 0.691. The third kappa shape index (κ3) is 7.41. The molecule has 0 rings (SSSR count). The molecule has 0 atom stereocenters. The van der Waals surface area contributed by atoms with E-state index in [1.807, 2.05) is 27.7 Å². The van der Waals surface area contributed by atoms with E-state index >= 15 is 0 Å². The molecule has 2 heteroatoms. The number of aliphatic hydroxyl groups excluding tert-OH is 1. The molecule has 0 aromatic rings. The summed E-state index contributed by atoms with van der Waals surface area (Å²) in [5.74, 6) is -0.232. The van der Waals surface area contributed by atoms with Crippen molar-refractivity contribution in [1.82, 2.24) is 0 Å². The fourth-order valence-corrected chi connectivity index (χ4v) is 1.20. The van der Waals surface area contributed by atoms with Crippen molar-refractivity contribution in [2.75, 3.05) is 6.61 Å². The Bertz CT molecular complexity index is 245. The van der Waals surface area contributed by atoms with Crippen molar-refractivity contribution in [2.45, 2.75) is 41.0 Å². The van der Waals surface area contributed by atoms with Crippen LogP contribution >= 0.6 is 0 Å². The van der Waals surface area contributed by atoms with Crippen molar-refractivity contribution >= 4 is 0 Å². The molecule has 0 aliphatic carbocycles. The maximum Gasteiger partial charge on any atom is 0.0968 e. The Balaban J connectivity index is 0. The Hall–Kier alpha value is -0.890. The summed E-state index contributed by atoms with van der Waals surface area (Å²) in [4.78, 5) is 0. The first-order valence-electron chi connectivity index (χ1n) is 5.72. The summed E-state index contributed by atoms with van der Waals surface area (Å²) in [6.45, 7) is 13.2. The average molecular weight is 228 g/mol. The van der Waals surface area contributed by atoms with Crippen LogP contribution in [0.15, 0.2) is 36.2 Å². The molecular weight excluding hydrogens is 203 g/mol. The predicted molar refractivity (Wildman–Crippen MR) is 70.0 cm³/mol. The zero-order chi connectivity index (χ0) is 13.2.